The van der Waals surface area contributed by atoms with E-state index in [9.17, 15) is 13.6 Å². The Kier molecular flexibility index (Phi) is 8.85. The second-order valence-corrected chi connectivity index (χ2v) is 6.57. The van der Waals surface area contributed by atoms with E-state index in [0.29, 0.717) is 16.8 Å². The second-order valence-electron chi connectivity index (χ2n) is 5.32. The lowest BCUT2D eigenvalue weighted by Gasteiger charge is -2.13. The van der Waals surface area contributed by atoms with Crippen molar-refractivity contribution in [3.05, 3.63) is 57.2 Å². The molecule has 0 aliphatic heterocycles. The first-order valence-electron chi connectivity index (χ1n) is 8.01. The molecule has 0 unspecified atom stereocenters. The number of nitrogens with one attached hydrogen (secondary N) is 2. The first kappa shape index (κ1) is 21.5. The van der Waals surface area contributed by atoms with Gasteiger partial charge in [0.05, 0.1) is 43.4 Å². The van der Waals surface area contributed by atoms with Gasteiger partial charge in [0.15, 0.2) is 0 Å². The summed E-state index contributed by atoms with van der Waals surface area (Å²) in [4.78, 5) is 17.3. The van der Waals surface area contributed by atoms with Crippen molar-refractivity contribution in [2.45, 2.75) is 0 Å². The van der Waals surface area contributed by atoms with Gasteiger partial charge >= 0.3 is 0 Å². The average molecular weight is 492 g/mol. The lowest BCUT2D eigenvalue weighted by Crippen LogP contribution is -2.26. The maximum atomic E-state index is 14.0. The number of rotatable bonds is 10. The Morgan fingerprint density at radius 2 is 1.81 bits per heavy atom. The fourth-order valence-corrected chi connectivity index (χ4v) is 2.52. The van der Waals surface area contributed by atoms with Gasteiger partial charge in [0, 0.05) is 10.7 Å². The molecule has 0 spiro atoms. The van der Waals surface area contributed by atoms with Crippen molar-refractivity contribution in [2.75, 3.05) is 38.9 Å². The molecule has 0 aromatic heterocycles. The Labute approximate surface area is 169 Å². The van der Waals surface area contributed by atoms with Gasteiger partial charge in [0.2, 0.25) is 0 Å². The molecule has 0 saturated carbocycles. The third kappa shape index (κ3) is 7.01. The molecule has 0 fully saturated rings. The van der Waals surface area contributed by atoms with Crippen LogP contribution in [0.1, 0.15) is 10.4 Å². The minimum atomic E-state index is -0.597. The minimum absolute atomic E-state index is 0.106. The normalized spacial score (nSPS) is 10.7. The van der Waals surface area contributed by atoms with E-state index in [1.165, 1.54) is 18.2 Å². The molecule has 2 aromatic carbocycles. The molecule has 27 heavy (non-hydrogen) atoms. The van der Waals surface area contributed by atoms with Crippen LogP contribution >= 0.6 is 22.6 Å². The van der Waals surface area contributed by atoms with Crippen LogP contribution in [-0.2, 0) is 14.3 Å². The number of carbonyl (C=O) groups excluding carboxylic acids is 1. The summed E-state index contributed by atoms with van der Waals surface area (Å²) in [6, 6.07) is 8.07. The molecule has 0 radical (unpaired) electrons. The molecule has 2 aromatic rings. The summed E-state index contributed by atoms with van der Waals surface area (Å²) in [7, 11) is 1.57. The number of ether oxygens (including phenoxy) is 2. The summed E-state index contributed by atoms with van der Waals surface area (Å²) >= 11 is 1.98. The van der Waals surface area contributed by atoms with Gasteiger partial charge in [-0.1, -0.05) is 0 Å². The van der Waals surface area contributed by atoms with Crippen LogP contribution in [0.4, 0.5) is 20.2 Å². The Hall–Kier alpha value is -1.82. The van der Waals surface area contributed by atoms with Crippen molar-refractivity contribution < 1.29 is 27.9 Å². The molecular weight excluding hydrogens is 473 g/mol. The molecular formula is C18H19F2IN2O4. The highest BCUT2D eigenvalue weighted by molar-refractivity contribution is 14.1. The average Bonchev–Trinajstić information content (AvgIpc) is 2.63. The number of methoxy groups -OCH3 is 1. The van der Waals surface area contributed by atoms with Gasteiger partial charge in [-0.15, -0.1) is 0 Å². The summed E-state index contributed by atoms with van der Waals surface area (Å²) in [5.74, 6) is -1.67. The topological polar surface area (TPSA) is 68.8 Å². The predicted molar refractivity (Wildman–Crippen MR) is 105 cm³/mol. The highest BCUT2D eigenvalue weighted by Crippen LogP contribution is 2.25. The number of anilines is 2. The second kappa shape index (κ2) is 11.1. The van der Waals surface area contributed by atoms with E-state index in [0.717, 1.165) is 12.1 Å². The highest BCUT2D eigenvalue weighted by atomic mass is 127. The SMILES string of the molecule is COCCOCCONC(=O)c1ccc(F)cc1Nc1ccc(I)cc1F. The van der Waals surface area contributed by atoms with Crippen LogP contribution in [0.3, 0.4) is 0 Å². The smallest absolute Gasteiger partial charge is 0.276 e. The summed E-state index contributed by atoms with van der Waals surface area (Å²) in [6.07, 6.45) is 0. The first-order valence-corrected chi connectivity index (χ1v) is 9.09. The van der Waals surface area contributed by atoms with Crippen molar-refractivity contribution >= 4 is 39.9 Å². The van der Waals surface area contributed by atoms with E-state index < -0.39 is 17.5 Å². The highest BCUT2D eigenvalue weighted by Gasteiger charge is 2.14. The number of benzene rings is 2. The van der Waals surface area contributed by atoms with Crippen molar-refractivity contribution in [3.63, 3.8) is 0 Å². The van der Waals surface area contributed by atoms with E-state index in [-0.39, 0.29) is 30.2 Å². The van der Waals surface area contributed by atoms with Crippen LogP contribution < -0.4 is 10.8 Å². The monoisotopic (exact) mass is 492 g/mol. The number of hydroxylamine groups is 1. The Morgan fingerprint density at radius 1 is 1.04 bits per heavy atom. The summed E-state index contributed by atoms with van der Waals surface area (Å²) in [5.41, 5.74) is 2.60. The van der Waals surface area contributed by atoms with E-state index in [4.69, 9.17) is 14.3 Å². The standard InChI is InChI=1S/C18H19F2IN2O4/c1-25-6-7-26-8-9-27-23-18(24)14-4-2-12(19)10-17(14)22-16-5-3-13(21)11-15(16)20/h2-5,10-11,22H,6-9H2,1H3,(H,23,24). The molecule has 0 heterocycles. The molecule has 146 valence electrons. The zero-order valence-corrected chi connectivity index (χ0v) is 16.7. The fraction of sp³-hybridized carbons (Fsp3) is 0.278. The Balaban J connectivity index is 1.99. The first-order chi connectivity index (χ1) is 13.0. The van der Waals surface area contributed by atoms with Crippen molar-refractivity contribution in [2.24, 2.45) is 0 Å². The van der Waals surface area contributed by atoms with Gasteiger partial charge in [-0.2, -0.15) is 0 Å². The quantitative estimate of drug-likeness (QED) is 0.301. The van der Waals surface area contributed by atoms with E-state index in [2.05, 4.69) is 10.8 Å². The summed E-state index contributed by atoms with van der Waals surface area (Å²) in [5, 5.41) is 2.74. The molecule has 1 amide bonds. The van der Waals surface area contributed by atoms with Crippen LogP contribution in [0.25, 0.3) is 0 Å². The maximum absolute atomic E-state index is 14.0. The molecule has 0 aliphatic carbocycles. The van der Waals surface area contributed by atoms with Crippen molar-refractivity contribution in [1.29, 1.82) is 0 Å². The number of halogens is 3. The number of hydrogen-bond donors (Lipinski definition) is 2. The molecule has 6 nitrogen and oxygen atoms in total. The predicted octanol–water partition coefficient (Wildman–Crippen LogP) is 3.64. The zero-order chi connectivity index (χ0) is 19.6. The minimum Gasteiger partial charge on any atom is -0.382 e. The van der Waals surface area contributed by atoms with E-state index in [1.54, 1.807) is 13.2 Å². The molecule has 0 bridgehead atoms. The van der Waals surface area contributed by atoms with Gasteiger partial charge in [0.1, 0.15) is 11.6 Å². The van der Waals surface area contributed by atoms with Gasteiger partial charge in [0.25, 0.3) is 5.91 Å². The van der Waals surface area contributed by atoms with E-state index in [1.807, 2.05) is 22.6 Å². The molecule has 2 rings (SSSR count). The third-order valence-corrected chi connectivity index (χ3v) is 4.02. The summed E-state index contributed by atoms with van der Waals surface area (Å²) in [6.45, 7) is 1.28. The largest absolute Gasteiger partial charge is 0.382 e. The molecule has 0 atom stereocenters. The molecule has 9 heteroatoms. The number of amides is 1. The summed E-state index contributed by atoms with van der Waals surface area (Å²) < 4.78 is 38.4. The molecule has 0 saturated heterocycles. The molecule has 2 N–H and O–H groups in total. The van der Waals surface area contributed by atoms with Gasteiger partial charge in [-0.05, 0) is 59.0 Å². The van der Waals surface area contributed by atoms with Crippen LogP contribution in [0.5, 0.6) is 0 Å². The third-order valence-electron chi connectivity index (χ3n) is 3.35. The maximum Gasteiger partial charge on any atom is 0.276 e. The number of carbonyl (C=O) groups is 1. The van der Waals surface area contributed by atoms with Crippen LogP contribution in [0.15, 0.2) is 36.4 Å². The Morgan fingerprint density at radius 3 is 2.56 bits per heavy atom. The van der Waals surface area contributed by atoms with Crippen molar-refractivity contribution in [1.82, 2.24) is 5.48 Å². The fourth-order valence-electron chi connectivity index (χ4n) is 2.07. The number of hydrogen-bond acceptors (Lipinski definition) is 5. The lowest BCUT2D eigenvalue weighted by atomic mass is 10.1. The van der Waals surface area contributed by atoms with Crippen molar-refractivity contribution in [3.8, 4) is 0 Å². The lowest BCUT2D eigenvalue weighted by molar-refractivity contribution is -0.00935. The van der Waals surface area contributed by atoms with Gasteiger partial charge in [-0.3, -0.25) is 9.63 Å². The zero-order valence-electron chi connectivity index (χ0n) is 14.6. The van der Waals surface area contributed by atoms with Gasteiger partial charge in [-0.25, -0.2) is 14.3 Å². The van der Waals surface area contributed by atoms with E-state index >= 15 is 0 Å². The molecule has 0 aliphatic rings. The van der Waals surface area contributed by atoms with Crippen LogP contribution in [-0.4, -0.2) is 39.4 Å². The van der Waals surface area contributed by atoms with Crippen LogP contribution in [0, 0.1) is 15.2 Å². The Bertz CT molecular complexity index is 777. The van der Waals surface area contributed by atoms with Gasteiger partial charge < -0.3 is 14.8 Å². The van der Waals surface area contributed by atoms with Crippen LogP contribution in [0.2, 0.25) is 0 Å².